The number of nitrogens with one attached hydrogen (secondary N) is 1. The molecule has 1 aliphatic rings. The summed E-state index contributed by atoms with van der Waals surface area (Å²) in [4.78, 5) is 7.37. The molecule has 2 heteroatoms. The minimum absolute atomic E-state index is 1.20. The van der Waals surface area contributed by atoms with E-state index >= 15 is 0 Å². The molecule has 1 fully saturated rings. The van der Waals surface area contributed by atoms with Gasteiger partial charge in [-0.2, -0.15) is 0 Å². The van der Waals surface area contributed by atoms with E-state index < -0.39 is 18.4 Å². The Hall–Kier alpha value is 0.339. The molecule has 0 amide bonds. The maximum absolute atomic E-state index is 3.49. The van der Waals surface area contributed by atoms with Gasteiger partial charge >= 0.3 is 74.1 Å². The van der Waals surface area contributed by atoms with Crippen LogP contribution in [0.5, 0.6) is 0 Å². The third-order valence-corrected chi connectivity index (χ3v) is 5.30. The molecule has 0 radical (unpaired) electrons. The molecule has 0 spiro atoms. The summed E-state index contributed by atoms with van der Waals surface area (Å²) in [7, 11) is 0. The van der Waals surface area contributed by atoms with Crippen molar-refractivity contribution in [1.82, 2.24) is 5.32 Å². The van der Waals surface area contributed by atoms with Crippen LogP contribution in [0.3, 0.4) is 0 Å². The summed E-state index contributed by atoms with van der Waals surface area (Å²) in [6.07, 6.45) is 4.05. The summed E-state index contributed by atoms with van der Waals surface area (Å²) in [6, 6.07) is 0. The number of hydrogen-bond donors (Lipinski definition) is 1. The van der Waals surface area contributed by atoms with Crippen LogP contribution in [0.25, 0.3) is 0 Å². The van der Waals surface area contributed by atoms with Gasteiger partial charge in [-0.05, 0) is 0 Å². The van der Waals surface area contributed by atoms with Crippen molar-refractivity contribution >= 4 is 18.4 Å². The average molecular weight is 260 g/mol. The van der Waals surface area contributed by atoms with Crippen LogP contribution in [0.15, 0.2) is 9.79 Å². The van der Waals surface area contributed by atoms with Crippen molar-refractivity contribution in [1.29, 1.82) is 0 Å². The van der Waals surface area contributed by atoms with E-state index in [0.29, 0.717) is 0 Å². The zero-order chi connectivity index (χ0) is 8.32. The maximum atomic E-state index is 3.49. The fourth-order valence-electron chi connectivity index (χ4n) is 1.42. The fourth-order valence-corrected chi connectivity index (χ4v) is 5.11. The van der Waals surface area contributed by atoms with Crippen molar-refractivity contribution in [2.45, 2.75) is 34.1 Å². The Morgan fingerprint density at radius 2 is 2.00 bits per heavy atom. The third kappa shape index (κ3) is 4.04. The van der Waals surface area contributed by atoms with E-state index in [4.69, 9.17) is 0 Å². The quantitative estimate of drug-likeness (QED) is 0.714. The average Bonchev–Trinajstić information content (AvgIpc) is 1.85. The molecule has 0 bridgehead atoms. The summed E-state index contributed by atoms with van der Waals surface area (Å²) in [5.41, 5.74) is 1.54. The second kappa shape index (κ2) is 3.83. The normalized spacial score (nSPS) is 23.4. The van der Waals surface area contributed by atoms with Crippen LogP contribution in [-0.4, -0.2) is 24.9 Å². The number of rotatable bonds is 1. The SMILES string of the molecule is [CH3][Sn]([CH3])([CH3])[CH]=C1CCCCN1. The first kappa shape index (κ1) is 9.43. The zero-order valence-electron chi connectivity index (χ0n) is 7.91. The summed E-state index contributed by atoms with van der Waals surface area (Å²) < 4.78 is 2.56. The molecule has 64 valence electrons. The van der Waals surface area contributed by atoms with Crippen LogP contribution in [0, 0.1) is 0 Å². The second-order valence-electron chi connectivity index (χ2n) is 4.42. The van der Waals surface area contributed by atoms with Crippen molar-refractivity contribution < 1.29 is 0 Å². The first-order valence-electron chi connectivity index (χ1n) is 4.53. The Morgan fingerprint density at radius 3 is 2.45 bits per heavy atom. The molecular formula is C9H19NSn. The van der Waals surface area contributed by atoms with E-state index in [1.54, 1.807) is 5.70 Å². The molecule has 0 aromatic rings. The predicted molar refractivity (Wildman–Crippen MR) is 53.3 cm³/mol. The van der Waals surface area contributed by atoms with E-state index in [-0.39, 0.29) is 0 Å². The van der Waals surface area contributed by atoms with Gasteiger partial charge in [-0.3, -0.25) is 0 Å². The van der Waals surface area contributed by atoms with Crippen LogP contribution < -0.4 is 5.32 Å². The summed E-state index contributed by atoms with van der Waals surface area (Å²) >= 11 is -1.64. The van der Waals surface area contributed by atoms with Crippen molar-refractivity contribution in [3.8, 4) is 0 Å². The van der Waals surface area contributed by atoms with Gasteiger partial charge in [0.15, 0.2) is 0 Å². The number of piperidine rings is 1. The summed E-state index contributed by atoms with van der Waals surface area (Å²) in [5.74, 6) is 0. The topological polar surface area (TPSA) is 12.0 Å². The van der Waals surface area contributed by atoms with Gasteiger partial charge in [0.1, 0.15) is 0 Å². The molecule has 1 N–H and O–H groups in total. The molecule has 1 aliphatic heterocycles. The molecule has 0 aromatic carbocycles. The predicted octanol–water partition coefficient (Wildman–Crippen LogP) is 2.52. The Bertz CT molecular complexity index is 147. The number of hydrogen-bond acceptors (Lipinski definition) is 1. The summed E-state index contributed by atoms with van der Waals surface area (Å²) in [5, 5.41) is 3.49. The molecule has 0 unspecified atom stereocenters. The Labute approximate surface area is 74.1 Å². The molecule has 1 rings (SSSR count). The van der Waals surface area contributed by atoms with Crippen molar-refractivity contribution in [3.05, 3.63) is 9.79 Å². The van der Waals surface area contributed by atoms with Crippen LogP contribution in [0.4, 0.5) is 0 Å². The van der Waals surface area contributed by atoms with Crippen LogP contribution in [0.1, 0.15) is 19.3 Å². The van der Waals surface area contributed by atoms with Crippen LogP contribution in [0.2, 0.25) is 14.8 Å². The van der Waals surface area contributed by atoms with E-state index in [0.717, 1.165) is 0 Å². The second-order valence-corrected chi connectivity index (χ2v) is 18.7. The van der Waals surface area contributed by atoms with Crippen LogP contribution in [-0.2, 0) is 0 Å². The third-order valence-electron chi connectivity index (χ3n) is 1.83. The first-order valence-corrected chi connectivity index (χ1v) is 14.7. The summed E-state index contributed by atoms with van der Waals surface area (Å²) in [6.45, 7) is 1.20. The Balaban J connectivity index is 2.50. The molecule has 0 aliphatic carbocycles. The van der Waals surface area contributed by atoms with E-state index in [1.165, 1.54) is 25.8 Å². The van der Waals surface area contributed by atoms with E-state index in [9.17, 15) is 0 Å². The van der Waals surface area contributed by atoms with Crippen molar-refractivity contribution in [2.75, 3.05) is 6.54 Å². The monoisotopic (exact) mass is 261 g/mol. The van der Waals surface area contributed by atoms with E-state index in [1.807, 2.05) is 0 Å². The molecule has 11 heavy (non-hydrogen) atoms. The Morgan fingerprint density at radius 1 is 1.27 bits per heavy atom. The van der Waals surface area contributed by atoms with Gasteiger partial charge in [0, 0.05) is 0 Å². The molecule has 1 heterocycles. The molecule has 1 nitrogen and oxygen atoms in total. The van der Waals surface area contributed by atoms with Gasteiger partial charge in [-0.15, -0.1) is 0 Å². The van der Waals surface area contributed by atoms with Gasteiger partial charge in [0.05, 0.1) is 0 Å². The molecule has 1 saturated heterocycles. The fraction of sp³-hybridized carbons (Fsp3) is 0.778. The zero-order valence-corrected chi connectivity index (χ0v) is 10.8. The number of allylic oxidation sites excluding steroid dienone is 1. The van der Waals surface area contributed by atoms with Gasteiger partial charge in [0.2, 0.25) is 0 Å². The van der Waals surface area contributed by atoms with Crippen molar-refractivity contribution in [3.63, 3.8) is 0 Å². The molecular weight excluding hydrogens is 241 g/mol. The van der Waals surface area contributed by atoms with Crippen molar-refractivity contribution in [2.24, 2.45) is 0 Å². The minimum atomic E-state index is -1.64. The standard InChI is InChI=1S/C6H10N.3CH3.Sn/c1-6-4-2-3-5-7-6;;;;/h1,7H,2-5H2;3*1H3;. The van der Waals surface area contributed by atoms with Gasteiger partial charge in [0.25, 0.3) is 0 Å². The first-order chi connectivity index (χ1) is 5.08. The Kier molecular flexibility index (Phi) is 3.28. The van der Waals surface area contributed by atoms with Gasteiger partial charge in [-0.1, -0.05) is 0 Å². The van der Waals surface area contributed by atoms with Gasteiger partial charge < -0.3 is 0 Å². The molecule has 0 atom stereocenters. The molecule has 0 saturated carbocycles. The van der Waals surface area contributed by atoms with Gasteiger partial charge in [-0.25, -0.2) is 0 Å². The van der Waals surface area contributed by atoms with Crippen LogP contribution >= 0.6 is 0 Å². The molecule has 0 aromatic heterocycles. The van der Waals surface area contributed by atoms with E-state index in [2.05, 4.69) is 24.2 Å².